The number of fused-ring (bicyclic) bond motifs is 4. The van der Waals surface area contributed by atoms with Crippen molar-refractivity contribution in [1.29, 1.82) is 0 Å². The quantitative estimate of drug-likeness (QED) is 0.326. The molecule has 0 spiro atoms. The summed E-state index contributed by atoms with van der Waals surface area (Å²) in [6, 6.07) is 32.6. The van der Waals surface area contributed by atoms with Crippen molar-refractivity contribution in [3.8, 4) is 0 Å². The summed E-state index contributed by atoms with van der Waals surface area (Å²) < 4.78 is 2.64. The molecule has 0 radical (unpaired) electrons. The third-order valence-electron chi connectivity index (χ3n) is 5.99. The highest BCUT2D eigenvalue weighted by molar-refractivity contribution is 7.25. The number of thiophene rings is 1. The van der Waals surface area contributed by atoms with Gasteiger partial charge in [-0.1, -0.05) is 84.4 Å². The molecule has 31 heavy (non-hydrogen) atoms. The van der Waals surface area contributed by atoms with E-state index in [0.717, 1.165) is 17.8 Å². The summed E-state index contributed by atoms with van der Waals surface area (Å²) in [5.74, 6) is 0. The minimum Gasteiger partial charge on any atom is -0.251 e. The summed E-state index contributed by atoms with van der Waals surface area (Å²) in [4.78, 5) is 5.32. The van der Waals surface area contributed by atoms with Crippen molar-refractivity contribution >= 4 is 49.0 Å². The molecule has 5 aromatic rings. The summed E-state index contributed by atoms with van der Waals surface area (Å²) in [5, 5.41) is 5.09. The molecule has 1 aromatic heterocycles. The minimum atomic E-state index is 0.823. The fourth-order valence-electron chi connectivity index (χ4n) is 4.49. The van der Waals surface area contributed by atoms with Crippen LogP contribution in [-0.2, 0) is 0 Å². The lowest BCUT2D eigenvalue weighted by Crippen LogP contribution is -2.25. The predicted octanol–water partition coefficient (Wildman–Crippen LogP) is 6.19. The molecule has 4 aromatic carbocycles. The molecule has 0 aliphatic carbocycles. The highest BCUT2D eigenvalue weighted by atomic mass is 32.1. The van der Waals surface area contributed by atoms with E-state index in [4.69, 9.17) is 4.99 Å². The SMILES string of the molecule is Cc1ccc2sc3cccc(C4=c5ccccc5=CCC(c5ccccc5)=N4)c3c2c1. The van der Waals surface area contributed by atoms with E-state index in [0.29, 0.717) is 0 Å². The lowest BCUT2D eigenvalue weighted by Gasteiger charge is -2.09. The zero-order valence-corrected chi connectivity index (χ0v) is 18.1. The number of benzene rings is 4. The molecule has 0 N–H and O–H groups in total. The first-order valence-corrected chi connectivity index (χ1v) is 11.4. The Hall–Kier alpha value is -3.49. The van der Waals surface area contributed by atoms with Crippen molar-refractivity contribution in [3.63, 3.8) is 0 Å². The molecule has 6 rings (SSSR count). The Labute approximate surface area is 185 Å². The lowest BCUT2D eigenvalue weighted by atomic mass is 10.0. The zero-order chi connectivity index (χ0) is 20.8. The highest BCUT2D eigenvalue weighted by Gasteiger charge is 2.16. The van der Waals surface area contributed by atoms with E-state index < -0.39 is 0 Å². The molecule has 2 heteroatoms. The van der Waals surface area contributed by atoms with E-state index in [1.165, 1.54) is 47.3 Å². The van der Waals surface area contributed by atoms with E-state index >= 15 is 0 Å². The van der Waals surface area contributed by atoms with Crippen LogP contribution in [0.4, 0.5) is 0 Å². The molecule has 0 fully saturated rings. The Bertz CT molecular complexity index is 1600. The average molecular weight is 416 g/mol. The Kier molecular flexibility index (Phi) is 4.33. The molecule has 1 nitrogen and oxygen atoms in total. The second-order valence-electron chi connectivity index (χ2n) is 8.05. The van der Waals surface area contributed by atoms with E-state index in [1.807, 2.05) is 11.3 Å². The fraction of sp³-hybridized carbons (Fsp3) is 0.0690. The van der Waals surface area contributed by atoms with E-state index in [9.17, 15) is 0 Å². The van der Waals surface area contributed by atoms with Crippen LogP contribution < -0.4 is 10.4 Å². The van der Waals surface area contributed by atoms with Gasteiger partial charge < -0.3 is 0 Å². The molecule has 0 amide bonds. The largest absolute Gasteiger partial charge is 0.251 e. The fourth-order valence-corrected chi connectivity index (χ4v) is 5.61. The molecular weight excluding hydrogens is 394 g/mol. The van der Waals surface area contributed by atoms with Gasteiger partial charge in [0, 0.05) is 37.4 Å². The first-order chi connectivity index (χ1) is 15.3. The maximum Gasteiger partial charge on any atom is 0.0790 e. The molecule has 0 atom stereocenters. The van der Waals surface area contributed by atoms with Crippen LogP contribution >= 0.6 is 11.3 Å². The van der Waals surface area contributed by atoms with Gasteiger partial charge in [-0.25, -0.2) is 0 Å². The standard InChI is InChI=1S/C29H21NS/c1-19-14-17-26-24(18-19)28-23(12-7-13-27(28)31-26)29-22-11-6-5-8-20(22)15-16-25(30-29)21-9-3-2-4-10-21/h2-15,17-18H,16H2,1H3. The van der Waals surface area contributed by atoms with Gasteiger partial charge in [0.25, 0.3) is 0 Å². The Balaban J connectivity index is 1.74. The van der Waals surface area contributed by atoms with Crippen molar-refractivity contribution in [2.45, 2.75) is 13.3 Å². The average Bonchev–Trinajstić information content (AvgIpc) is 3.06. The van der Waals surface area contributed by atoms with Crippen LogP contribution in [0, 0.1) is 6.92 Å². The molecule has 1 aliphatic rings. The second kappa shape index (κ2) is 7.33. The third kappa shape index (κ3) is 3.11. The molecule has 148 valence electrons. The van der Waals surface area contributed by atoms with Gasteiger partial charge in [0.15, 0.2) is 0 Å². The normalized spacial score (nSPS) is 13.6. The molecule has 0 saturated heterocycles. The molecule has 0 bridgehead atoms. The van der Waals surface area contributed by atoms with Crippen LogP contribution in [0.25, 0.3) is 31.9 Å². The molecule has 0 unspecified atom stereocenters. The van der Waals surface area contributed by atoms with Crippen molar-refractivity contribution in [2.75, 3.05) is 0 Å². The molecule has 2 heterocycles. The Morgan fingerprint density at radius 3 is 2.52 bits per heavy atom. The Morgan fingerprint density at radius 2 is 1.61 bits per heavy atom. The van der Waals surface area contributed by atoms with Gasteiger partial charge in [-0.05, 0) is 35.9 Å². The third-order valence-corrected chi connectivity index (χ3v) is 7.13. The second-order valence-corrected chi connectivity index (χ2v) is 9.13. The lowest BCUT2D eigenvalue weighted by molar-refractivity contribution is 1.42. The van der Waals surface area contributed by atoms with E-state index in [2.05, 4.69) is 104 Å². The highest BCUT2D eigenvalue weighted by Crippen LogP contribution is 2.38. The zero-order valence-electron chi connectivity index (χ0n) is 17.3. The summed E-state index contributed by atoms with van der Waals surface area (Å²) in [6.45, 7) is 2.17. The van der Waals surface area contributed by atoms with Gasteiger partial charge in [0.1, 0.15) is 0 Å². The van der Waals surface area contributed by atoms with Gasteiger partial charge in [0.05, 0.1) is 11.4 Å². The van der Waals surface area contributed by atoms with E-state index in [-0.39, 0.29) is 0 Å². The monoisotopic (exact) mass is 415 g/mol. The summed E-state index contributed by atoms with van der Waals surface area (Å²) in [5.41, 5.74) is 5.86. The molecule has 1 aliphatic heterocycles. The molecular formula is C29H21NS. The van der Waals surface area contributed by atoms with Crippen LogP contribution in [0.3, 0.4) is 0 Å². The first kappa shape index (κ1) is 18.3. The van der Waals surface area contributed by atoms with Gasteiger partial charge in [-0.15, -0.1) is 11.3 Å². The Morgan fingerprint density at radius 1 is 0.774 bits per heavy atom. The van der Waals surface area contributed by atoms with Crippen molar-refractivity contribution in [2.24, 2.45) is 4.99 Å². The smallest absolute Gasteiger partial charge is 0.0790 e. The van der Waals surface area contributed by atoms with Crippen LogP contribution in [0.1, 0.15) is 23.1 Å². The van der Waals surface area contributed by atoms with Crippen molar-refractivity contribution < 1.29 is 0 Å². The molecule has 0 saturated carbocycles. The summed E-state index contributed by atoms with van der Waals surface area (Å²) in [6.07, 6.45) is 3.13. The summed E-state index contributed by atoms with van der Waals surface area (Å²) in [7, 11) is 0. The number of hydrogen-bond donors (Lipinski definition) is 0. The number of nitrogens with zero attached hydrogens (tertiary/aromatic N) is 1. The van der Waals surface area contributed by atoms with Crippen LogP contribution in [0.2, 0.25) is 0 Å². The minimum absolute atomic E-state index is 0.823. The number of rotatable bonds is 2. The predicted molar refractivity (Wildman–Crippen MR) is 134 cm³/mol. The van der Waals surface area contributed by atoms with E-state index in [1.54, 1.807) is 0 Å². The van der Waals surface area contributed by atoms with Gasteiger partial charge >= 0.3 is 0 Å². The van der Waals surface area contributed by atoms with Gasteiger partial charge in [-0.3, -0.25) is 4.99 Å². The topological polar surface area (TPSA) is 12.4 Å². The van der Waals surface area contributed by atoms with Crippen LogP contribution in [-0.4, -0.2) is 5.71 Å². The maximum atomic E-state index is 5.32. The van der Waals surface area contributed by atoms with Crippen molar-refractivity contribution in [1.82, 2.24) is 0 Å². The number of aryl methyl sites for hydroxylation is 1. The first-order valence-electron chi connectivity index (χ1n) is 10.6. The number of aliphatic imine (C=N–C) groups is 1. The number of hydrogen-bond acceptors (Lipinski definition) is 2. The van der Waals surface area contributed by atoms with Crippen LogP contribution in [0.5, 0.6) is 0 Å². The maximum absolute atomic E-state index is 5.32. The van der Waals surface area contributed by atoms with Crippen molar-refractivity contribution in [3.05, 3.63) is 118 Å². The van der Waals surface area contributed by atoms with Crippen LogP contribution in [0.15, 0.2) is 96.0 Å². The van der Waals surface area contributed by atoms with Gasteiger partial charge in [-0.2, -0.15) is 0 Å². The summed E-state index contributed by atoms with van der Waals surface area (Å²) >= 11 is 1.86. The van der Waals surface area contributed by atoms with Gasteiger partial charge in [0.2, 0.25) is 0 Å².